The number of H-pyrrole nitrogens is 2. The van der Waals surface area contributed by atoms with Crippen molar-refractivity contribution in [3.63, 3.8) is 0 Å². The van der Waals surface area contributed by atoms with Gasteiger partial charge in [-0.25, -0.2) is 0 Å². The number of aromatic amines is 2. The number of hydrogen-bond acceptors (Lipinski definition) is 4. The zero-order chi connectivity index (χ0) is 16.0. The van der Waals surface area contributed by atoms with Gasteiger partial charge in [0.15, 0.2) is 10.6 Å². The zero-order valence-corrected chi connectivity index (χ0v) is 13.0. The van der Waals surface area contributed by atoms with Gasteiger partial charge in [-0.1, -0.05) is 30.3 Å². The summed E-state index contributed by atoms with van der Waals surface area (Å²) in [7, 11) is 0. The quantitative estimate of drug-likeness (QED) is 0.790. The van der Waals surface area contributed by atoms with Crippen molar-refractivity contribution < 1.29 is 9.53 Å². The van der Waals surface area contributed by atoms with E-state index in [0.717, 1.165) is 12.0 Å². The summed E-state index contributed by atoms with van der Waals surface area (Å²) in [4.78, 5) is 30.5. The van der Waals surface area contributed by atoms with Crippen molar-refractivity contribution in [1.29, 1.82) is 0 Å². The molecule has 0 saturated carbocycles. The molecule has 6 heteroatoms. The van der Waals surface area contributed by atoms with Gasteiger partial charge in [-0.3, -0.25) is 14.6 Å². The van der Waals surface area contributed by atoms with Crippen LogP contribution >= 0.6 is 12.2 Å². The fourth-order valence-corrected chi connectivity index (χ4v) is 3.51. The molecule has 2 heterocycles. The second kappa shape index (κ2) is 5.31. The molecule has 0 saturated heterocycles. The van der Waals surface area contributed by atoms with Gasteiger partial charge in [-0.05, 0) is 24.2 Å². The molecule has 2 aliphatic rings. The van der Waals surface area contributed by atoms with Gasteiger partial charge >= 0.3 is 0 Å². The number of hydrogen-bond donors (Lipinski definition) is 2. The fraction of sp³-hybridized carbons (Fsp3) is 0.235. The van der Waals surface area contributed by atoms with Gasteiger partial charge in [0, 0.05) is 18.4 Å². The van der Waals surface area contributed by atoms with Crippen molar-refractivity contribution in [3.05, 3.63) is 67.9 Å². The van der Waals surface area contributed by atoms with Gasteiger partial charge in [-0.2, -0.15) is 0 Å². The lowest BCUT2D eigenvalue weighted by atomic mass is 9.78. The minimum absolute atomic E-state index is 0.0487. The van der Waals surface area contributed by atoms with Crippen LogP contribution in [0.25, 0.3) is 0 Å². The first-order valence-corrected chi connectivity index (χ1v) is 7.91. The van der Waals surface area contributed by atoms with Crippen LogP contribution in [0, 0.1) is 4.77 Å². The monoisotopic (exact) mass is 326 g/mol. The van der Waals surface area contributed by atoms with Gasteiger partial charge in [0.25, 0.3) is 5.56 Å². The van der Waals surface area contributed by atoms with Gasteiger partial charge in [0.2, 0.25) is 5.88 Å². The predicted molar refractivity (Wildman–Crippen MR) is 87.0 cm³/mol. The number of carbonyl (C=O) groups is 1. The van der Waals surface area contributed by atoms with Crippen molar-refractivity contribution in [3.8, 4) is 5.88 Å². The topological polar surface area (TPSA) is 75.0 Å². The maximum atomic E-state index is 12.5. The molecule has 1 aromatic carbocycles. The Labute approximate surface area is 137 Å². The van der Waals surface area contributed by atoms with E-state index in [1.165, 1.54) is 0 Å². The molecule has 0 spiro atoms. The molecule has 1 aliphatic heterocycles. The molecule has 4 rings (SSSR count). The first kappa shape index (κ1) is 14.1. The molecule has 2 aromatic rings. The van der Waals surface area contributed by atoms with E-state index < -0.39 is 5.92 Å². The Bertz CT molecular complexity index is 940. The summed E-state index contributed by atoms with van der Waals surface area (Å²) in [6.45, 7) is 0. The molecule has 1 aliphatic carbocycles. The van der Waals surface area contributed by atoms with E-state index in [9.17, 15) is 9.59 Å². The van der Waals surface area contributed by atoms with E-state index in [-0.39, 0.29) is 16.1 Å². The van der Waals surface area contributed by atoms with Crippen molar-refractivity contribution in [2.45, 2.75) is 25.2 Å². The first-order chi connectivity index (χ1) is 11.1. The number of carbonyl (C=O) groups excluding carboxylic acids is 1. The van der Waals surface area contributed by atoms with Crippen molar-refractivity contribution >= 4 is 18.0 Å². The summed E-state index contributed by atoms with van der Waals surface area (Å²) in [5, 5.41) is 0. The molecule has 1 unspecified atom stereocenters. The number of allylic oxidation sites excluding steroid dienone is 2. The zero-order valence-electron chi connectivity index (χ0n) is 12.2. The largest absolute Gasteiger partial charge is 0.444 e. The van der Waals surface area contributed by atoms with Crippen molar-refractivity contribution in [2.24, 2.45) is 0 Å². The van der Waals surface area contributed by atoms with Crippen LogP contribution in [0.2, 0.25) is 0 Å². The van der Waals surface area contributed by atoms with Crippen LogP contribution in [0.3, 0.4) is 0 Å². The minimum Gasteiger partial charge on any atom is -0.444 e. The lowest BCUT2D eigenvalue weighted by Crippen LogP contribution is -2.31. The van der Waals surface area contributed by atoms with Crippen LogP contribution in [-0.4, -0.2) is 15.8 Å². The third kappa shape index (κ3) is 2.26. The summed E-state index contributed by atoms with van der Waals surface area (Å²) in [5.74, 6) is 0.630. The minimum atomic E-state index is -0.418. The van der Waals surface area contributed by atoms with Crippen molar-refractivity contribution in [1.82, 2.24) is 9.97 Å². The number of rotatable bonds is 1. The molecule has 0 amide bonds. The Morgan fingerprint density at radius 1 is 1.09 bits per heavy atom. The highest BCUT2D eigenvalue weighted by Crippen LogP contribution is 2.43. The second-order valence-electron chi connectivity index (χ2n) is 5.71. The average Bonchev–Trinajstić information content (AvgIpc) is 2.54. The Hall–Kier alpha value is -2.47. The number of aromatic nitrogens is 2. The highest BCUT2D eigenvalue weighted by Gasteiger charge is 2.38. The molecule has 1 aromatic heterocycles. The average molecular weight is 326 g/mol. The van der Waals surface area contributed by atoms with Crippen LogP contribution in [0.15, 0.2) is 46.5 Å². The van der Waals surface area contributed by atoms with Crippen LogP contribution < -0.4 is 10.3 Å². The molecular weight excluding hydrogens is 312 g/mol. The van der Waals surface area contributed by atoms with Crippen LogP contribution in [-0.2, 0) is 4.79 Å². The molecular formula is C17H14N2O3S. The number of fused-ring (bicyclic) bond motifs is 1. The molecule has 5 nitrogen and oxygen atoms in total. The van der Waals surface area contributed by atoms with Crippen molar-refractivity contribution in [2.75, 3.05) is 0 Å². The summed E-state index contributed by atoms with van der Waals surface area (Å²) >= 11 is 5.04. The molecule has 23 heavy (non-hydrogen) atoms. The lowest BCUT2D eigenvalue weighted by Gasteiger charge is -2.31. The van der Waals surface area contributed by atoms with Crippen LogP contribution in [0.1, 0.15) is 36.3 Å². The normalized spacial score (nSPS) is 19.8. The van der Waals surface area contributed by atoms with Gasteiger partial charge in [0.05, 0.1) is 11.5 Å². The summed E-state index contributed by atoms with van der Waals surface area (Å²) in [6, 6.07) is 9.56. The first-order valence-electron chi connectivity index (χ1n) is 7.50. The second-order valence-corrected chi connectivity index (χ2v) is 6.12. The molecule has 116 valence electrons. The smallest absolute Gasteiger partial charge is 0.259 e. The maximum absolute atomic E-state index is 12.5. The standard InChI is InChI=1S/C17H14N2O3S/c20-10-7-4-8-11-13(10)12(9-5-2-1-3-6-9)14-15(21)18-17(23)19-16(14)22-11/h1-3,5-6,12H,4,7-8H2,(H2,18,19,21,23). The van der Waals surface area contributed by atoms with E-state index in [1.54, 1.807) is 0 Å². The molecule has 2 N–H and O–H groups in total. The number of ether oxygens (including phenoxy) is 1. The molecule has 0 radical (unpaired) electrons. The Balaban J connectivity index is 2.03. The lowest BCUT2D eigenvalue weighted by molar-refractivity contribution is -0.116. The van der Waals surface area contributed by atoms with E-state index in [2.05, 4.69) is 9.97 Å². The van der Waals surface area contributed by atoms with Crippen LogP contribution in [0.5, 0.6) is 5.88 Å². The summed E-state index contributed by atoms with van der Waals surface area (Å²) in [5.41, 5.74) is 1.60. The Morgan fingerprint density at radius 2 is 1.87 bits per heavy atom. The number of nitrogens with one attached hydrogen (secondary N) is 2. The van der Waals surface area contributed by atoms with Gasteiger partial charge in [0.1, 0.15) is 5.76 Å². The predicted octanol–water partition coefficient (Wildman–Crippen LogP) is 2.96. The third-order valence-corrected chi connectivity index (χ3v) is 4.49. The summed E-state index contributed by atoms with van der Waals surface area (Å²) < 4.78 is 6.05. The van der Waals surface area contributed by atoms with Crippen LogP contribution in [0.4, 0.5) is 0 Å². The highest BCUT2D eigenvalue weighted by molar-refractivity contribution is 7.71. The number of Topliss-reactive ketones (excluding diaryl/α,β-unsaturated/α-hetero) is 1. The molecule has 1 atom stereocenters. The molecule has 0 fully saturated rings. The fourth-order valence-electron chi connectivity index (χ4n) is 3.33. The van der Waals surface area contributed by atoms with E-state index in [1.807, 2.05) is 30.3 Å². The SMILES string of the molecule is O=C1CCCC2=C1C(c1ccccc1)c1c([nH]c(=S)[nH]c1=O)O2. The van der Waals surface area contributed by atoms with E-state index in [4.69, 9.17) is 17.0 Å². The molecule has 0 bridgehead atoms. The summed E-state index contributed by atoms with van der Waals surface area (Å²) in [6.07, 6.45) is 1.94. The Kier molecular flexibility index (Phi) is 3.27. The number of benzene rings is 1. The Morgan fingerprint density at radius 3 is 2.65 bits per heavy atom. The van der Waals surface area contributed by atoms with E-state index >= 15 is 0 Å². The van der Waals surface area contributed by atoms with Gasteiger partial charge < -0.3 is 9.72 Å². The maximum Gasteiger partial charge on any atom is 0.259 e. The number of ketones is 1. The van der Waals surface area contributed by atoms with Gasteiger partial charge in [-0.15, -0.1) is 0 Å². The highest BCUT2D eigenvalue weighted by atomic mass is 32.1. The van der Waals surface area contributed by atoms with E-state index in [0.29, 0.717) is 35.6 Å². The third-order valence-electron chi connectivity index (χ3n) is 4.29.